The Morgan fingerprint density at radius 1 is 1.62 bits per heavy atom. The summed E-state index contributed by atoms with van der Waals surface area (Å²) in [6.45, 7) is 5.66. The molecule has 0 saturated carbocycles. The van der Waals surface area contributed by atoms with Crippen LogP contribution in [-0.2, 0) is 4.79 Å². The third kappa shape index (κ3) is 4.85. The van der Waals surface area contributed by atoms with Crippen molar-refractivity contribution in [2.24, 2.45) is 5.73 Å². The zero-order chi connectivity index (χ0) is 10.5. The maximum Gasteiger partial charge on any atom is 0.237 e. The summed E-state index contributed by atoms with van der Waals surface area (Å²) in [5.74, 6) is -0.198. The molecular weight excluding hydrogens is 168 g/mol. The molecule has 0 radical (unpaired) electrons. The topological polar surface area (TPSA) is 75.4 Å². The molecule has 0 aliphatic heterocycles. The lowest BCUT2D eigenvalue weighted by Crippen LogP contribution is -2.46. The quantitative estimate of drug-likeness (QED) is 0.568. The summed E-state index contributed by atoms with van der Waals surface area (Å²) in [7, 11) is 0. The van der Waals surface area contributed by atoms with Crippen molar-refractivity contribution >= 4 is 5.91 Å². The molecule has 4 nitrogen and oxygen atoms in total. The Morgan fingerprint density at radius 2 is 2.15 bits per heavy atom. The van der Waals surface area contributed by atoms with Gasteiger partial charge in [-0.2, -0.15) is 0 Å². The van der Waals surface area contributed by atoms with Gasteiger partial charge in [-0.15, -0.1) is 0 Å². The van der Waals surface area contributed by atoms with Crippen molar-refractivity contribution < 1.29 is 9.90 Å². The van der Waals surface area contributed by atoms with Crippen LogP contribution in [0.1, 0.15) is 33.6 Å². The fraction of sp³-hybridized carbons (Fsp3) is 0.889. The first-order valence-corrected chi connectivity index (χ1v) is 4.68. The maximum absolute atomic E-state index is 11.2. The van der Waals surface area contributed by atoms with E-state index < -0.39 is 11.6 Å². The van der Waals surface area contributed by atoms with E-state index in [1.54, 1.807) is 6.92 Å². The molecule has 0 aliphatic carbocycles. The molecule has 4 heteroatoms. The summed E-state index contributed by atoms with van der Waals surface area (Å²) < 4.78 is 0. The Bertz CT molecular complexity index is 169. The van der Waals surface area contributed by atoms with Gasteiger partial charge in [0, 0.05) is 6.54 Å². The minimum absolute atomic E-state index is 0.198. The molecule has 0 aromatic heterocycles. The van der Waals surface area contributed by atoms with Gasteiger partial charge in [-0.05, 0) is 19.8 Å². The molecule has 0 spiro atoms. The van der Waals surface area contributed by atoms with Crippen LogP contribution in [0.15, 0.2) is 0 Å². The van der Waals surface area contributed by atoms with Crippen LogP contribution >= 0.6 is 0 Å². The smallest absolute Gasteiger partial charge is 0.237 e. The van der Waals surface area contributed by atoms with Gasteiger partial charge in [0.2, 0.25) is 5.91 Å². The highest BCUT2D eigenvalue weighted by atomic mass is 16.3. The fourth-order valence-electron chi connectivity index (χ4n) is 0.719. The predicted molar refractivity (Wildman–Crippen MR) is 52.2 cm³/mol. The van der Waals surface area contributed by atoms with Crippen LogP contribution in [0.4, 0.5) is 0 Å². The molecule has 0 aromatic rings. The predicted octanol–water partition coefficient (Wildman–Crippen LogP) is 0.000900. The molecule has 13 heavy (non-hydrogen) atoms. The van der Waals surface area contributed by atoms with Crippen LogP contribution in [-0.4, -0.2) is 29.2 Å². The lowest BCUT2D eigenvalue weighted by molar-refractivity contribution is -0.123. The number of nitrogens with two attached hydrogens (primary N) is 1. The molecule has 0 aromatic carbocycles. The van der Waals surface area contributed by atoms with Crippen molar-refractivity contribution in [3.63, 3.8) is 0 Å². The number of amides is 1. The molecule has 4 N–H and O–H groups in total. The Hall–Kier alpha value is -0.610. The average molecular weight is 188 g/mol. The summed E-state index contributed by atoms with van der Waals surface area (Å²) in [4.78, 5) is 11.2. The molecule has 2 atom stereocenters. The maximum atomic E-state index is 11.2. The highest BCUT2D eigenvalue weighted by molar-refractivity contribution is 5.81. The molecule has 78 valence electrons. The first kappa shape index (κ1) is 12.4. The fourth-order valence-corrected chi connectivity index (χ4v) is 0.719. The van der Waals surface area contributed by atoms with Crippen LogP contribution in [0.25, 0.3) is 0 Å². The van der Waals surface area contributed by atoms with Crippen molar-refractivity contribution in [2.75, 3.05) is 6.54 Å². The zero-order valence-corrected chi connectivity index (χ0v) is 8.63. The van der Waals surface area contributed by atoms with Gasteiger partial charge in [-0.25, -0.2) is 0 Å². The molecule has 1 amide bonds. The Kier molecular flexibility index (Phi) is 4.95. The molecule has 0 aliphatic rings. The van der Waals surface area contributed by atoms with Crippen LogP contribution in [0.5, 0.6) is 0 Å². The molecule has 0 bridgehead atoms. The van der Waals surface area contributed by atoms with Gasteiger partial charge in [-0.3, -0.25) is 4.79 Å². The van der Waals surface area contributed by atoms with E-state index in [9.17, 15) is 9.90 Å². The number of hydrogen-bond donors (Lipinski definition) is 3. The lowest BCUT2D eigenvalue weighted by atomic mass is 10.0. The summed E-state index contributed by atoms with van der Waals surface area (Å²) >= 11 is 0. The minimum Gasteiger partial charge on any atom is -0.388 e. The summed E-state index contributed by atoms with van der Waals surface area (Å²) in [5.41, 5.74) is 4.66. The van der Waals surface area contributed by atoms with Crippen molar-refractivity contribution in [1.29, 1.82) is 0 Å². The summed E-state index contributed by atoms with van der Waals surface area (Å²) in [5, 5.41) is 12.2. The van der Waals surface area contributed by atoms with Crippen LogP contribution in [0, 0.1) is 0 Å². The SMILES string of the molecule is CC[C@H](N)C(=O)NCC(C)(O)CC. The standard InChI is InChI=1S/C9H20N2O2/c1-4-7(10)8(12)11-6-9(3,13)5-2/h7,13H,4-6,10H2,1-3H3,(H,11,12)/t7-,9?/m0/s1. The van der Waals surface area contributed by atoms with E-state index >= 15 is 0 Å². The van der Waals surface area contributed by atoms with Crippen LogP contribution < -0.4 is 11.1 Å². The van der Waals surface area contributed by atoms with Crippen molar-refractivity contribution in [3.05, 3.63) is 0 Å². The molecule has 0 heterocycles. The second-order valence-electron chi connectivity index (χ2n) is 3.58. The van der Waals surface area contributed by atoms with Crippen LogP contribution in [0.3, 0.4) is 0 Å². The van der Waals surface area contributed by atoms with E-state index in [2.05, 4.69) is 5.32 Å². The molecule has 0 rings (SSSR count). The van der Waals surface area contributed by atoms with E-state index in [-0.39, 0.29) is 12.5 Å². The number of rotatable bonds is 5. The van der Waals surface area contributed by atoms with E-state index in [1.807, 2.05) is 13.8 Å². The highest BCUT2D eigenvalue weighted by Crippen LogP contribution is 2.05. The Labute approximate surface area is 79.5 Å². The van der Waals surface area contributed by atoms with E-state index in [0.29, 0.717) is 12.8 Å². The number of carbonyl (C=O) groups excluding carboxylic acids is 1. The Balaban J connectivity index is 3.83. The largest absolute Gasteiger partial charge is 0.388 e. The van der Waals surface area contributed by atoms with E-state index in [1.165, 1.54) is 0 Å². The number of carbonyl (C=O) groups is 1. The average Bonchev–Trinajstić information content (AvgIpc) is 2.13. The molecule has 0 saturated heterocycles. The third-order valence-corrected chi connectivity index (χ3v) is 2.18. The van der Waals surface area contributed by atoms with Gasteiger partial charge in [-0.1, -0.05) is 13.8 Å². The normalized spacial score (nSPS) is 17.6. The summed E-state index contributed by atoms with van der Waals surface area (Å²) in [6.07, 6.45) is 1.22. The van der Waals surface area contributed by atoms with E-state index in [0.717, 1.165) is 0 Å². The molecular formula is C9H20N2O2. The van der Waals surface area contributed by atoms with Crippen LogP contribution in [0.2, 0.25) is 0 Å². The number of hydrogen-bond acceptors (Lipinski definition) is 3. The van der Waals surface area contributed by atoms with Gasteiger partial charge in [0.15, 0.2) is 0 Å². The highest BCUT2D eigenvalue weighted by Gasteiger charge is 2.19. The summed E-state index contributed by atoms with van der Waals surface area (Å²) in [6, 6.07) is -0.465. The molecule has 1 unspecified atom stereocenters. The second-order valence-corrected chi connectivity index (χ2v) is 3.58. The minimum atomic E-state index is -0.830. The lowest BCUT2D eigenvalue weighted by Gasteiger charge is -2.22. The Morgan fingerprint density at radius 3 is 2.54 bits per heavy atom. The van der Waals surface area contributed by atoms with Gasteiger partial charge in [0.25, 0.3) is 0 Å². The first-order valence-electron chi connectivity index (χ1n) is 4.68. The monoisotopic (exact) mass is 188 g/mol. The van der Waals surface area contributed by atoms with Gasteiger partial charge in [0.05, 0.1) is 11.6 Å². The van der Waals surface area contributed by atoms with Gasteiger partial charge < -0.3 is 16.2 Å². The third-order valence-electron chi connectivity index (χ3n) is 2.18. The van der Waals surface area contributed by atoms with Crippen molar-refractivity contribution in [1.82, 2.24) is 5.32 Å². The second kappa shape index (κ2) is 5.19. The van der Waals surface area contributed by atoms with Gasteiger partial charge in [0.1, 0.15) is 0 Å². The van der Waals surface area contributed by atoms with Crippen molar-refractivity contribution in [3.8, 4) is 0 Å². The number of aliphatic hydroxyl groups is 1. The number of nitrogens with one attached hydrogen (secondary N) is 1. The van der Waals surface area contributed by atoms with E-state index in [4.69, 9.17) is 5.73 Å². The molecule has 0 fully saturated rings. The zero-order valence-electron chi connectivity index (χ0n) is 8.63. The van der Waals surface area contributed by atoms with Gasteiger partial charge >= 0.3 is 0 Å². The van der Waals surface area contributed by atoms with Crippen molar-refractivity contribution in [2.45, 2.75) is 45.3 Å². The first-order chi connectivity index (χ1) is 5.93.